The lowest BCUT2D eigenvalue weighted by atomic mass is 9.86. The van der Waals surface area contributed by atoms with Gasteiger partial charge in [-0.25, -0.2) is 9.97 Å². The van der Waals surface area contributed by atoms with E-state index in [1.807, 2.05) is 6.07 Å². The van der Waals surface area contributed by atoms with Crippen molar-refractivity contribution in [2.75, 3.05) is 5.32 Å². The first kappa shape index (κ1) is 11.3. The summed E-state index contributed by atoms with van der Waals surface area (Å²) in [5, 5.41) is 3.50. The molecule has 2 atom stereocenters. The van der Waals surface area contributed by atoms with E-state index in [2.05, 4.69) is 22.2 Å². The van der Waals surface area contributed by atoms with Crippen molar-refractivity contribution in [2.24, 2.45) is 11.7 Å². The molecule has 1 aliphatic carbocycles. The molecule has 1 saturated carbocycles. The first-order valence-corrected chi connectivity index (χ1v) is 6.08. The van der Waals surface area contributed by atoms with Crippen LogP contribution in [0.1, 0.15) is 38.4 Å². The molecular formula is C12H20N4. The van der Waals surface area contributed by atoms with Crippen LogP contribution in [-0.2, 0) is 6.54 Å². The second-order valence-corrected chi connectivity index (χ2v) is 4.57. The summed E-state index contributed by atoms with van der Waals surface area (Å²) in [6.07, 6.45) is 6.99. The summed E-state index contributed by atoms with van der Waals surface area (Å²) >= 11 is 0. The molecule has 1 aliphatic rings. The van der Waals surface area contributed by atoms with E-state index in [-0.39, 0.29) is 0 Å². The van der Waals surface area contributed by atoms with Crippen LogP contribution in [0.5, 0.6) is 0 Å². The fourth-order valence-corrected chi connectivity index (χ4v) is 2.30. The van der Waals surface area contributed by atoms with E-state index in [0.29, 0.717) is 18.4 Å². The number of nitrogens with two attached hydrogens (primary N) is 1. The molecule has 1 aromatic rings. The normalized spacial score (nSPS) is 25.4. The largest absolute Gasteiger partial charge is 0.367 e. The van der Waals surface area contributed by atoms with Crippen molar-refractivity contribution in [1.82, 2.24) is 9.97 Å². The van der Waals surface area contributed by atoms with Crippen molar-refractivity contribution >= 4 is 5.82 Å². The van der Waals surface area contributed by atoms with Gasteiger partial charge in [0, 0.05) is 12.2 Å². The summed E-state index contributed by atoms with van der Waals surface area (Å²) in [4.78, 5) is 8.47. The zero-order valence-electron chi connectivity index (χ0n) is 9.82. The zero-order chi connectivity index (χ0) is 11.4. The lowest BCUT2D eigenvalue weighted by molar-refractivity contribution is 0.349. The number of nitrogens with one attached hydrogen (secondary N) is 1. The molecule has 1 heterocycles. The van der Waals surface area contributed by atoms with Gasteiger partial charge in [0.1, 0.15) is 11.6 Å². The highest BCUT2D eigenvalue weighted by atomic mass is 15.1. The Morgan fingerprint density at radius 1 is 1.44 bits per heavy atom. The molecule has 0 aromatic carbocycles. The molecule has 0 bridgehead atoms. The maximum absolute atomic E-state index is 5.53. The quantitative estimate of drug-likeness (QED) is 0.817. The van der Waals surface area contributed by atoms with Crippen LogP contribution in [0.2, 0.25) is 0 Å². The molecule has 0 saturated heterocycles. The molecular weight excluding hydrogens is 200 g/mol. The summed E-state index contributed by atoms with van der Waals surface area (Å²) in [5.74, 6) is 2.34. The van der Waals surface area contributed by atoms with Crippen LogP contribution in [-0.4, -0.2) is 16.0 Å². The number of rotatable bonds is 3. The van der Waals surface area contributed by atoms with Gasteiger partial charge in [-0.15, -0.1) is 0 Å². The van der Waals surface area contributed by atoms with Crippen LogP contribution in [0.25, 0.3) is 0 Å². The van der Waals surface area contributed by atoms with E-state index < -0.39 is 0 Å². The van der Waals surface area contributed by atoms with E-state index >= 15 is 0 Å². The molecule has 0 spiro atoms. The fourth-order valence-electron chi connectivity index (χ4n) is 2.30. The molecule has 88 valence electrons. The number of nitrogens with zero attached hydrogens (tertiary/aromatic N) is 2. The van der Waals surface area contributed by atoms with Crippen molar-refractivity contribution in [1.29, 1.82) is 0 Å². The highest BCUT2D eigenvalue weighted by molar-refractivity contribution is 5.34. The Morgan fingerprint density at radius 2 is 2.25 bits per heavy atom. The van der Waals surface area contributed by atoms with Gasteiger partial charge in [0.2, 0.25) is 0 Å². The highest BCUT2D eigenvalue weighted by Crippen LogP contribution is 2.26. The summed E-state index contributed by atoms with van der Waals surface area (Å²) in [7, 11) is 0. The lowest BCUT2D eigenvalue weighted by Gasteiger charge is -2.29. The maximum atomic E-state index is 5.53. The van der Waals surface area contributed by atoms with Gasteiger partial charge in [0.25, 0.3) is 0 Å². The van der Waals surface area contributed by atoms with Crippen LogP contribution in [0.3, 0.4) is 0 Å². The first-order valence-electron chi connectivity index (χ1n) is 6.08. The smallest absolute Gasteiger partial charge is 0.144 e. The summed E-state index contributed by atoms with van der Waals surface area (Å²) in [5.41, 5.74) is 5.53. The molecule has 2 unspecified atom stereocenters. The van der Waals surface area contributed by atoms with E-state index in [9.17, 15) is 0 Å². The monoisotopic (exact) mass is 220 g/mol. The Kier molecular flexibility index (Phi) is 3.72. The minimum atomic E-state index is 0.399. The number of hydrogen-bond acceptors (Lipinski definition) is 4. The van der Waals surface area contributed by atoms with E-state index in [0.717, 1.165) is 11.7 Å². The van der Waals surface area contributed by atoms with E-state index in [4.69, 9.17) is 5.73 Å². The highest BCUT2D eigenvalue weighted by Gasteiger charge is 2.21. The zero-order valence-corrected chi connectivity index (χ0v) is 9.82. The fraction of sp³-hybridized carbons (Fsp3) is 0.667. The lowest BCUT2D eigenvalue weighted by Crippen LogP contribution is -2.30. The summed E-state index contributed by atoms with van der Waals surface area (Å²) < 4.78 is 0. The van der Waals surface area contributed by atoms with Crippen LogP contribution in [0, 0.1) is 5.92 Å². The van der Waals surface area contributed by atoms with Gasteiger partial charge in [-0.2, -0.15) is 0 Å². The van der Waals surface area contributed by atoms with E-state index in [1.54, 1.807) is 6.20 Å². The molecule has 0 radical (unpaired) electrons. The van der Waals surface area contributed by atoms with Gasteiger partial charge in [-0.1, -0.05) is 19.8 Å². The Morgan fingerprint density at radius 3 is 3.00 bits per heavy atom. The van der Waals surface area contributed by atoms with Gasteiger partial charge >= 0.3 is 0 Å². The van der Waals surface area contributed by atoms with Crippen LogP contribution in [0.15, 0.2) is 12.3 Å². The van der Waals surface area contributed by atoms with Crippen molar-refractivity contribution in [2.45, 2.75) is 45.2 Å². The maximum Gasteiger partial charge on any atom is 0.144 e. The minimum Gasteiger partial charge on any atom is -0.367 e. The Bertz CT molecular complexity index is 340. The molecule has 0 aliphatic heterocycles. The predicted molar refractivity (Wildman–Crippen MR) is 65.0 cm³/mol. The molecule has 1 fully saturated rings. The van der Waals surface area contributed by atoms with Crippen LogP contribution >= 0.6 is 0 Å². The number of anilines is 1. The van der Waals surface area contributed by atoms with Crippen LogP contribution < -0.4 is 11.1 Å². The molecule has 3 N–H and O–H groups in total. The number of hydrogen-bond donors (Lipinski definition) is 2. The third kappa shape index (κ3) is 2.70. The Hall–Kier alpha value is -1.16. The summed E-state index contributed by atoms with van der Waals surface area (Å²) in [6, 6.07) is 2.47. The van der Waals surface area contributed by atoms with Gasteiger partial charge in [-0.3, -0.25) is 0 Å². The first-order chi connectivity index (χ1) is 7.79. The predicted octanol–water partition coefficient (Wildman–Crippen LogP) is 1.93. The second kappa shape index (κ2) is 5.25. The minimum absolute atomic E-state index is 0.399. The molecule has 4 nitrogen and oxygen atoms in total. The van der Waals surface area contributed by atoms with Gasteiger partial charge < -0.3 is 11.1 Å². The second-order valence-electron chi connectivity index (χ2n) is 4.57. The molecule has 2 rings (SSSR count). The van der Waals surface area contributed by atoms with Gasteiger partial charge in [0.05, 0.1) is 6.54 Å². The standard InChI is InChI=1S/C12H20N4/c1-9-4-2-3-5-10(9)15-11-6-7-14-12(8-13)16-11/h6-7,9-10H,2-5,8,13H2,1H3,(H,14,15,16). The Balaban J connectivity index is 2.01. The third-order valence-electron chi connectivity index (χ3n) is 3.33. The number of aromatic nitrogens is 2. The van der Waals surface area contributed by atoms with Gasteiger partial charge in [0.15, 0.2) is 0 Å². The third-order valence-corrected chi connectivity index (χ3v) is 3.33. The van der Waals surface area contributed by atoms with Crippen LogP contribution in [0.4, 0.5) is 5.82 Å². The molecule has 1 aromatic heterocycles. The van der Waals surface area contributed by atoms with Gasteiger partial charge in [-0.05, 0) is 24.8 Å². The van der Waals surface area contributed by atoms with Crippen molar-refractivity contribution in [3.63, 3.8) is 0 Å². The SMILES string of the molecule is CC1CCCCC1Nc1ccnc(CN)n1. The van der Waals surface area contributed by atoms with Crippen molar-refractivity contribution in [3.8, 4) is 0 Å². The van der Waals surface area contributed by atoms with E-state index in [1.165, 1.54) is 25.7 Å². The van der Waals surface area contributed by atoms with Crippen molar-refractivity contribution < 1.29 is 0 Å². The van der Waals surface area contributed by atoms with Crippen molar-refractivity contribution in [3.05, 3.63) is 18.1 Å². The molecule has 4 heteroatoms. The molecule has 16 heavy (non-hydrogen) atoms. The Labute approximate surface area is 96.7 Å². The molecule has 0 amide bonds. The summed E-state index contributed by atoms with van der Waals surface area (Å²) in [6.45, 7) is 2.71. The topological polar surface area (TPSA) is 63.8 Å². The average molecular weight is 220 g/mol. The average Bonchev–Trinajstić information content (AvgIpc) is 2.32.